The number of carbonyl (C=O) groups is 2. The smallest absolute Gasteiger partial charge is 0.416 e. The Morgan fingerprint density at radius 3 is 2.48 bits per heavy atom. The number of alkyl halides is 3. The van der Waals surface area contributed by atoms with Gasteiger partial charge >= 0.3 is 12.1 Å². The van der Waals surface area contributed by atoms with Gasteiger partial charge in [0, 0.05) is 49.2 Å². The Kier molecular flexibility index (Phi) is 8.76. The van der Waals surface area contributed by atoms with Crippen molar-refractivity contribution in [3.05, 3.63) is 52.3 Å². The third-order valence-electron chi connectivity index (χ3n) is 7.56. The van der Waals surface area contributed by atoms with Gasteiger partial charge in [0.15, 0.2) is 5.13 Å². The predicted octanol–water partition coefficient (Wildman–Crippen LogP) is 4.37. The summed E-state index contributed by atoms with van der Waals surface area (Å²) in [6.45, 7) is 7.47. The van der Waals surface area contributed by atoms with E-state index in [1.165, 1.54) is 23.7 Å². The second kappa shape index (κ2) is 12.3. The summed E-state index contributed by atoms with van der Waals surface area (Å²) in [5.41, 5.74) is 0.582. The van der Waals surface area contributed by atoms with Crippen LogP contribution in [0.2, 0.25) is 0 Å². The highest BCUT2D eigenvalue weighted by molar-refractivity contribution is 7.16. The summed E-state index contributed by atoms with van der Waals surface area (Å²) in [4.78, 5) is 44.1. The van der Waals surface area contributed by atoms with Gasteiger partial charge in [-0.1, -0.05) is 11.3 Å². The molecular formula is C28H32F3N7O3S. The van der Waals surface area contributed by atoms with E-state index in [0.29, 0.717) is 61.4 Å². The molecule has 224 valence electrons. The maximum absolute atomic E-state index is 13.6. The van der Waals surface area contributed by atoms with E-state index in [-0.39, 0.29) is 17.4 Å². The molecule has 2 aliphatic heterocycles. The Hall–Kier alpha value is -3.62. The summed E-state index contributed by atoms with van der Waals surface area (Å²) in [6, 6.07) is 4.24. The predicted molar refractivity (Wildman–Crippen MR) is 153 cm³/mol. The first-order valence-electron chi connectivity index (χ1n) is 13.7. The minimum atomic E-state index is -4.49. The van der Waals surface area contributed by atoms with E-state index in [4.69, 9.17) is 5.11 Å². The van der Waals surface area contributed by atoms with Crippen LogP contribution >= 0.6 is 11.3 Å². The van der Waals surface area contributed by atoms with Crippen LogP contribution in [0.25, 0.3) is 11.3 Å². The number of rotatable bonds is 8. The summed E-state index contributed by atoms with van der Waals surface area (Å²) in [5.74, 6) is -0.810. The van der Waals surface area contributed by atoms with Crippen LogP contribution in [0.5, 0.6) is 0 Å². The lowest BCUT2D eigenvalue weighted by molar-refractivity contribution is -0.139. The number of carboxylic acids is 1. The lowest BCUT2D eigenvalue weighted by Crippen LogP contribution is -2.48. The lowest BCUT2D eigenvalue weighted by atomic mass is 10.0. The molecule has 0 radical (unpaired) electrons. The number of likely N-dealkylation sites (tertiary alicyclic amines) is 1. The number of thiazole rings is 1. The molecule has 0 spiro atoms. The fraction of sp³-hybridized carbons (Fsp3) is 0.464. The zero-order chi connectivity index (χ0) is 30.0. The molecule has 0 aliphatic carbocycles. The van der Waals surface area contributed by atoms with Gasteiger partial charge in [0.05, 0.1) is 30.2 Å². The number of amides is 1. The van der Waals surface area contributed by atoms with Crippen molar-refractivity contribution in [2.45, 2.75) is 45.5 Å². The molecule has 2 aromatic heterocycles. The maximum Gasteiger partial charge on any atom is 0.416 e. The second-order valence-electron chi connectivity index (χ2n) is 10.7. The molecule has 0 saturated carbocycles. The summed E-state index contributed by atoms with van der Waals surface area (Å²) in [7, 11) is 0. The first-order chi connectivity index (χ1) is 20.0. The van der Waals surface area contributed by atoms with Crippen LogP contribution in [0.1, 0.15) is 46.3 Å². The lowest BCUT2D eigenvalue weighted by Gasteiger charge is -2.34. The number of aliphatic carboxylic acids is 1. The van der Waals surface area contributed by atoms with Gasteiger partial charge in [0.25, 0.3) is 5.91 Å². The van der Waals surface area contributed by atoms with Gasteiger partial charge in [-0.2, -0.15) is 13.2 Å². The van der Waals surface area contributed by atoms with Gasteiger partial charge in [-0.3, -0.25) is 24.7 Å². The summed E-state index contributed by atoms with van der Waals surface area (Å²) < 4.78 is 40.8. The number of hydrogen-bond acceptors (Lipinski definition) is 9. The summed E-state index contributed by atoms with van der Waals surface area (Å²) in [5, 5.41) is 12.0. The van der Waals surface area contributed by atoms with Crippen molar-refractivity contribution < 1.29 is 27.9 Å². The van der Waals surface area contributed by atoms with E-state index >= 15 is 0 Å². The molecule has 3 aromatic rings. The Labute approximate surface area is 245 Å². The van der Waals surface area contributed by atoms with Crippen molar-refractivity contribution in [3.8, 4) is 11.3 Å². The Bertz CT molecular complexity index is 1440. The average Bonchev–Trinajstić information content (AvgIpc) is 3.53. The van der Waals surface area contributed by atoms with Crippen molar-refractivity contribution in [3.63, 3.8) is 0 Å². The van der Waals surface area contributed by atoms with E-state index in [9.17, 15) is 22.8 Å². The molecule has 5 rings (SSSR count). The standard InChI is InChI=1S/C28H32F3N7O3S/c1-17-10-19(12-20(11-17)28(29,30)31)25-22(15-38-5-3-4-18(38)2)42-27(34-25)35-26(41)21-13-33-23(14-32-21)37-8-6-36(7-9-37)16-24(39)40/h10-14,18H,3-9,15-16H2,1-2H3,(H,39,40)(H,34,35,41)/t18-/m1/s1. The molecule has 2 fully saturated rings. The van der Waals surface area contributed by atoms with Crippen LogP contribution in [0.3, 0.4) is 0 Å². The highest BCUT2D eigenvalue weighted by Gasteiger charge is 2.32. The van der Waals surface area contributed by atoms with E-state index in [1.54, 1.807) is 13.0 Å². The van der Waals surface area contributed by atoms with Crippen molar-refractivity contribution >= 4 is 34.2 Å². The van der Waals surface area contributed by atoms with Crippen LogP contribution in [-0.2, 0) is 17.5 Å². The number of aromatic nitrogens is 3. The largest absolute Gasteiger partial charge is 0.480 e. The summed E-state index contributed by atoms with van der Waals surface area (Å²) >= 11 is 1.25. The van der Waals surface area contributed by atoms with Gasteiger partial charge in [0.2, 0.25) is 0 Å². The number of anilines is 2. The maximum atomic E-state index is 13.6. The second-order valence-corrected chi connectivity index (χ2v) is 11.8. The third-order valence-corrected chi connectivity index (χ3v) is 8.51. The topological polar surface area (TPSA) is 115 Å². The molecule has 2 N–H and O–H groups in total. The first-order valence-corrected chi connectivity index (χ1v) is 14.5. The normalized spacial score (nSPS) is 18.4. The quantitative estimate of drug-likeness (QED) is 0.387. The molecule has 42 heavy (non-hydrogen) atoms. The van der Waals surface area contributed by atoms with E-state index in [1.807, 2.05) is 9.80 Å². The molecule has 1 atom stereocenters. The number of nitrogens with one attached hydrogen (secondary N) is 1. The number of aryl methyl sites for hydroxylation is 1. The molecule has 1 aromatic carbocycles. The number of halogens is 3. The zero-order valence-electron chi connectivity index (χ0n) is 23.3. The Balaban J connectivity index is 1.34. The number of carboxylic acid groups (broad SMARTS) is 1. The van der Waals surface area contributed by atoms with Crippen LogP contribution in [-0.4, -0.2) is 87.0 Å². The van der Waals surface area contributed by atoms with E-state index in [2.05, 4.69) is 32.1 Å². The third kappa shape index (κ3) is 7.05. The number of nitrogens with zero attached hydrogens (tertiary/aromatic N) is 6. The van der Waals surface area contributed by atoms with Crippen LogP contribution < -0.4 is 10.2 Å². The molecule has 0 unspecified atom stereocenters. The van der Waals surface area contributed by atoms with Crippen LogP contribution in [0.15, 0.2) is 30.6 Å². The number of piperazine rings is 1. The van der Waals surface area contributed by atoms with Crippen molar-refractivity contribution in [2.24, 2.45) is 0 Å². The summed E-state index contributed by atoms with van der Waals surface area (Å²) in [6.07, 6.45) is 0.474. The van der Waals surface area contributed by atoms with Crippen LogP contribution in [0, 0.1) is 6.92 Å². The van der Waals surface area contributed by atoms with Crippen LogP contribution in [0.4, 0.5) is 24.1 Å². The van der Waals surface area contributed by atoms with Crippen molar-refractivity contribution in [2.75, 3.05) is 49.5 Å². The minimum absolute atomic E-state index is 0.0107. The molecule has 14 heteroatoms. The Morgan fingerprint density at radius 1 is 1.10 bits per heavy atom. The van der Waals surface area contributed by atoms with Gasteiger partial charge in [-0.25, -0.2) is 15.0 Å². The fourth-order valence-electron chi connectivity index (χ4n) is 5.32. The van der Waals surface area contributed by atoms with Gasteiger partial charge in [-0.15, -0.1) is 0 Å². The zero-order valence-corrected chi connectivity index (χ0v) is 24.1. The van der Waals surface area contributed by atoms with Gasteiger partial charge in [-0.05, 0) is 57.0 Å². The minimum Gasteiger partial charge on any atom is -0.480 e. The molecule has 0 bridgehead atoms. The number of benzene rings is 1. The van der Waals surface area contributed by atoms with Crippen molar-refractivity contribution in [1.29, 1.82) is 0 Å². The molecule has 10 nitrogen and oxygen atoms in total. The fourth-order valence-corrected chi connectivity index (χ4v) is 6.33. The number of carbonyl (C=O) groups excluding carboxylic acids is 1. The SMILES string of the molecule is Cc1cc(-c2nc(NC(=O)c3cnc(N4CCN(CC(=O)O)CC4)cn3)sc2CN2CCC[C@H]2C)cc(C(F)(F)F)c1. The number of hydrogen-bond donors (Lipinski definition) is 2. The monoisotopic (exact) mass is 603 g/mol. The van der Waals surface area contributed by atoms with Crippen molar-refractivity contribution in [1.82, 2.24) is 24.8 Å². The molecule has 1 amide bonds. The first kappa shape index (κ1) is 29.9. The molecule has 2 aliphatic rings. The van der Waals surface area contributed by atoms with Gasteiger partial charge in [0.1, 0.15) is 11.5 Å². The Morgan fingerprint density at radius 2 is 1.86 bits per heavy atom. The average molecular weight is 604 g/mol. The molecule has 4 heterocycles. The van der Waals surface area contributed by atoms with Gasteiger partial charge < -0.3 is 10.0 Å². The highest BCUT2D eigenvalue weighted by Crippen LogP contribution is 2.38. The molecule has 2 saturated heterocycles. The van der Waals surface area contributed by atoms with E-state index in [0.717, 1.165) is 36.4 Å². The van der Waals surface area contributed by atoms with E-state index < -0.39 is 23.6 Å². The molecular weight excluding hydrogens is 571 g/mol. The highest BCUT2D eigenvalue weighted by atomic mass is 32.1.